The number of ether oxygens (including phenoxy) is 3. The maximum Gasteiger partial charge on any atom is 0.306 e. The molecule has 0 saturated heterocycles. The number of carbonyl (C=O) groups excluding carboxylic acids is 2. The van der Waals surface area contributed by atoms with Crippen LogP contribution >= 0.6 is 0 Å². The topological polar surface area (TPSA) is 61.8 Å². The molecule has 0 rings (SSSR count). The molecule has 0 heterocycles. The Labute approximate surface area is 432 Å². The van der Waals surface area contributed by atoms with Gasteiger partial charge in [0.25, 0.3) is 0 Å². The lowest BCUT2D eigenvalue weighted by molar-refractivity contribution is -0.162. The van der Waals surface area contributed by atoms with Crippen LogP contribution in [-0.4, -0.2) is 37.9 Å². The maximum absolute atomic E-state index is 12.8. The molecule has 0 aromatic heterocycles. The minimum Gasteiger partial charge on any atom is -0.462 e. The molecule has 0 aromatic rings. The van der Waals surface area contributed by atoms with Crippen molar-refractivity contribution in [2.24, 2.45) is 0 Å². The lowest BCUT2D eigenvalue weighted by Crippen LogP contribution is -2.30. The third kappa shape index (κ3) is 56.6. The van der Waals surface area contributed by atoms with Crippen LogP contribution in [0.2, 0.25) is 0 Å². The van der Waals surface area contributed by atoms with Crippen molar-refractivity contribution >= 4 is 11.9 Å². The van der Waals surface area contributed by atoms with Crippen LogP contribution in [-0.2, 0) is 23.8 Å². The predicted octanol–water partition coefficient (Wildman–Crippen LogP) is 19.9. The molecular weight excluding hydrogens is 861 g/mol. The van der Waals surface area contributed by atoms with E-state index in [-0.39, 0.29) is 31.6 Å². The summed E-state index contributed by atoms with van der Waals surface area (Å²) in [5, 5.41) is 0. The van der Waals surface area contributed by atoms with E-state index in [0.29, 0.717) is 19.4 Å². The Hall–Kier alpha value is -3.96. The number of rotatable bonds is 51. The Bertz CT molecular complexity index is 1470. The van der Waals surface area contributed by atoms with Crippen LogP contribution in [0, 0.1) is 0 Å². The van der Waals surface area contributed by atoms with Crippen LogP contribution in [0.15, 0.2) is 134 Å². The molecule has 0 aliphatic rings. The summed E-state index contributed by atoms with van der Waals surface area (Å²) in [7, 11) is 0. The predicted molar refractivity (Wildman–Crippen MR) is 306 cm³/mol. The van der Waals surface area contributed by atoms with Crippen LogP contribution in [0.1, 0.15) is 239 Å². The summed E-state index contributed by atoms with van der Waals surface area (Å²) in [4.78, 5) is 25.5. The molecule has 70 heavy (non-hydrogen) atoms. The second-order valence-electron chi connectivity index (χ2n) is 18.4. The summed E-state index contributed by atoms with van der Waals surface area (Å²) in [5.74, 6) is -0.548. The number of unbranched alkanes of at least 4 members (excludes halogenated alkanes) is 18. The van der Waals surface area contributed by atoms with Crippen LogP contribution < -0.4 is 0 Å². The molecule has 0 saturated carbocycles. The fraction of sp³-hybridized carbons (Fsp3) is 0.631. The van der Waals surface area contributed by atoms with E-state index in [1.165, 1.54) is 103 Å². The zero-order chi connectivity index (χ0) is 50.6. The summed E-state index contributed by atoms with van der Waals surface area (Å²) in [5.41, 5.74) is 0. The fourth-order valence-electron chi connectivity index (χ4n) is 7.46. The van der Waals surface area contributed by atoms with Crippen molar-refractivity contribution < 1.29 is 23.8 Å². The molecule has 0 N–H and O–H groups in total. The number of hydrogen-bond donors (Lipinski definition) is 0. The van der Waals surface area contributed by atoms with E-state index in [2.05, 4.69) is 148 Å². The van der Waals surface area contributed by atoms with Gasteiger partial charge in [-0.2, -0.15) is 0 Å². The smallest absolute Gasteiger partial charge is 0.306 e. The molecule has 1 unspecified atom stereocenters. The average Bonchev–Trinajstić information content (AvgIpc) is 3.36. The first kappa shape index (κ1) is 66.0. The first-order chi connectivity index (χ1) is 34.6. The van der Waals surface area contributed by atoms with E-state index < -0.39 is 6.10 Å². The van der Waals surface area contributed by atoms with Crippen LogP contribution in [0.5, 0.6) is 0 Å². The van der Waals surface area contributed by atoms with Crippen molar-refractivity contribution in [2.45, 2.75) is 245 Å². The SMILES string of the molecule is CC/C=C\C/C=C\C/C=C\C/C=C\C/C=C\C/C=C\CCC(=O)OCC(COCCCCCCCCCCCC/C=C\CCCCCCCC)OC(=O)CCCC/C=C\C/C=C\C/C=C\C/C=C\CC. The van der Waals surface area contributed by atoms with Gasteiger partial charge in [0.05, 0.1) is 6.61 Å². The van der Waals surface area contributed by atoms with Crippen LogP contribution in [0.3, 0.4) is 0 Å². The molecule has 0 aliphatic carbocycles. The largest absolute Gasteiger partial charge is 0.462 e. The number of esters is 2. The van der Waals surface area contributed by atoms with Gasteiger partial charge in [-0.15, -0.1) is 0 Å². The molecule has 1 atom stereocenters. The summed E-state index contributed by atoms with van der Waals surface area (Å²) < 4.78 is 17.4. The molecule has 0 aliphatic heterocycles. The van der Waals surface area contributed by atoms with Gasteiger partial charge >= 0.3 is 11.9 Å². The summed E-state index contributed by atoms with van der Waals surface area (Å²) in [6.07, 6.45) is 84.9. The molecular formula is C65H106O5. The highest BCUT2D eigenvalue weighted by atomic mass is 16.6. The monoisotopic (exact) mass is 967 g/mol. The van der Waals surface area contributed by atoms with Gasteiger partial charge < -0.3 is 14.2 Å². The molecule has 0 fully saturated rings. The summed E-state index contributed by atoms with van der Waals surface area (Å²) in [6.45, 7) is 7.46. The Balaban J connectivity index is 4.44. The van der Waals surface area contributed by atoms with Gasteiger partial charge in [-0.25, -0.2) is 0 Å². The van der Waals surface area contributed by atoms with E-state index in [9.17, 15) is 9.59 Å². The van der Waals surface area contributed by atoms with E-state index >= 15 is 0 Å². The molecule has 0 radical (unpaired) electrons. The highest BCUT2D eigenvalue weighted by Crippen LogP contribution is 2.13. The Morgan fingerprint density at radius 1 is 0.329 bits per heavy atom. The first-order valence-corrected chi connectivity index (χ1v) is 28.7. The highest BCUT2D eigenvalue weighted by Gasteiger charge is 2.17. The van der Waals surface area contributed by atoms with Gasteiger partial charge in [0.2, 0.25) is 0 Å². The second-order valence-corrected chi connectivity index (χ2v) is 18.4. The fourth-order valence-corrected chi connectivity index (χ4v) is 7.46. The van der Waals surface area contributed by atoms with E-state index in [1.54, 1.807) is 0 Å². The lowest BCUT2D eigenvalue weighted by atomic mass is 10.1. The highest BCUT2D eigenvalue weighted by molar-refractivity contribution is 5.70. The Morgan fingerprint density at radius 2 is 0.671 bits per heavy atom. The maximum atomic E-state index is 12.8. The third-order valence-electron chi connectivity index (χ3n) is 11.7. The van der Waals surface area contributed by atoms with Gasteiger partial charge in [-0.3, -0.25) is 9.59 Å². The molecule has 0 spiro atoms. The van der Waals surface area contributed by atoms with Gasteiger partial charge in [0.15, 0.2) is 6.10 Å². The molecule has 0 bridgehead atoms. The van der Waals surface area contributed by atoms with Crippen molar-refractivity contribution in [3.63, 3.8) is 0 Å². The van der Waals surface area contributed by atoms with E-state index in [1.807, 2.05) is 6.08 Å². The van der Waals surface area contributed by atoms with Crippen LogP contribution in [0.25, 0.3) is 0 Å². The summed E-state index contributed by atoms with van der Waals surface area (Å²) >= 11 is 0. The molecule has 0 amide bonds. The normalized spacial score (nSPS) is 13.2. The molecule has 5 heteroatoms. The van der Waals surface area contributed by atoms with Gasteiger partial charge in [0.1, 0.15) is 6.61 Å². The third-order valence-corrected chi connectivity index (χ3v) is 11.7. The first-order valence-electron chi connectivity index (χ1n) is 28.7. The zero-order valence-electron chi connectivity index (χ0n) is 45.5. The number of allylic oxidation sites excluding steroid dienone is 22. The lowest BCUT2D eigenvalue weighted by Gasteiger charge is -2.18. The minimum atomic E-state index is -0.599. The van der Waals surface area contributed by atoms with Crippen molar-refractivity contribution in [3.05, 3.63) is 134 Å². The molecule has 396 valence electrons. The minimum absolute atomic E-state index is 0.0201. The number of hydrogen-bond acceptors (Lipinski definition) is 5. The van der Waals surface area contributed by atoms with Crippen molar-refractivity contribution in [2.75, 3.05) is 19.8 Å². The quantitative estimate of drug-likeness (QED) is 0.0345. The van der Waals surface area contributed by atoms with Crippen molar-refractivity contribution in [1.29, 1.82) is 0 Å². The summed E-state index contributed by atoms with van der Waals surface area (Å²) in [6, 6.07) is 0. The standard InChI is InChI=1S/C65H106O5/c1-4-7-10-13-16-19-22-25-28-30-32-34-36-39-42-45-48-51-54-57-60-68-61-63(70-65(67)59-56-53-50-47-44-41-37-27-24-21-18-15-12-9-6-3)62-69-64(66)58-55-52-49-46-43-40-38-35-33-31-29-26-23-20-17-14-11-8-5-2/h8-9,11-12,17-18,20-21,25-29,33,35,37,40,43-44,47,49,52,63H,4-7,10,13-16,19,22-24,30-32,34,36,38-39,41-42,45-46,48,50-51,53-62H2,1-3H3/b11-8-,12-9-,20-17-,21-18-,28-25-,29-26-,35-33-,37-27-,43-40-,47-44-,52-49-. The Kier molecular flexibility index (Phi) is 56.0. The second kappa shape index (κ2) is 59.3. The average molecular weight is 968 g/mol. The Morgan fingerprint density at radius 3 is 1.10 bits per heavy atom. The van der Waals surface area contributed by atoms with E-state index in [0.717, 1.165) is 96.3 Å². The van der Waals surface area contributed by atoms with Gasteiger partial charge in [-0.05, 0) is 122 Å². The van der Waals surface area contributed by atoms with Gasteiger partial charge in [0, 0.05) is 19.4 Å². The van der Waals surface area contributed by atoms with Crippen LogP contribution in [0.4, 0.5) is 0 Å². The van der Waals surface area contributed by atoms with Crippen molar-refractivity contribution in [1.82, 2.24) is 0 Å². The molecule has 5 nitrogen and oxygen atoms in total. The van der Waals surface area contributed by atoms with Crippen molar-refractivity contribution in [3.8, 4) is 0 Å². The zero-order valence-corrected chi connectivity index (χ0v) is 45.5. The number of carbonyl (C=O) groups is 2. The van der Waals surface area contributed by atoms with E-state index in [4.69, 9.17) is 14.2 Å². The molecule has 0 aromatic carbocycles. The van der Waals surface area contributed by atoms with Gasteiger partial charge in [-0.1, -0.05) is 238 Å².